The first-order chi connectivity index (χ1) is 11.2. The van der Waals surface area contributed by atoms with Crippen molar-refractivity contribution >= 4 is 17.2 Å². The van der Waals surface area contributed by atoms with Crippen LogP contribution in [-0.2, 0) is 0 Å². The van der Waals surface area contributed by atoms with Gasteiger partial charge in [0.2, 0.25) is 0 Å². The Labute approximate surface area is 136 Å². The molecule has 4 rings (SSSR count). The number of aromatic nitrogens is 4. The maximum absolute atomic E-state index is 14.2. The largest absolute Gasteiger partial charge is 0.255 e. The van der Waals surface area contributed by atoms with Crippen molar-refractivity contribution in [1.29, 1.82) is 0 Å². The fourth-order valence-electron chi connectivity index (χ4n) is 2.42. The van der Waals surface area contributed by atoms with Crippen molar-refractivity contribution in [2.75, 3.05) is 0 Å². The Morgan fingerprint density at radius 2 is 1.91 bits per heavy atom. The zero-order chi connectivity index (χ0) is 15.8. The summed E-state index contributed by atoms with van der Waals surface area (Å²) in [7, 11) is 0. The molecule has 6 heteroatoms. The minimum Gasteiger partial charge on any atom is -0.255 e. The standard InChI is InChI=1S/C17H10ClFN4/c18-11-6-7-14(19)13(10-11)16-12(4-3-8-20-16)17-21-15-5-1-2-9-23(15)22-17/h1-10H. The fourth-order valence-corrected chi connectivity index (χ4v) is 2.60. The molecule has 4 aromatic rings. The number of hydrogen-bond donors (Lipinski definition) is 0. The van der Waals surface area contributed by atoms with Crippen LogP contribution in [0.3, 0.4) is 0 Å². The van der Waals surface area contributed by atoms with Crippen LogP contribution in [0.5, 0.6) is 0 Å². The minimum atomic E-state index is -0.391. The summed E-state index contributed by atoms with van der Waals surface area (Å²) >= 11 is 6.00. The molecule has 3 aromatic heterocycles. The molecule has 0 spiro atoms. The van der Waals surface area contributed by atoms with E-state index in [0.29, 0.717) is 33.3 Å². The van der Waals surface area contributed by atoms with Crippen molar-refractivity contribution in [2.45, 2.75) is 0 Å². The zero-order valence-electron chi connectivity index (χ0n) is 11.8. The van der Waals surface area contributed by atoms with Gasteiger partial charge >= 0.3 is 0 Å². The molecule has 0 aliphatic rings. The van der Waals surface area contributed by atoms with Crippen LogP contribution in [0.2, 0.25) is 5.02 Å². The molecule has 0 radical (unpaired) electrons. The first-order valence-electron chi connectivity index (χ1n) is 6.94. The fraction of sp³-hybridized carbons (Fsp3) is 0. The van der Waals surface area contributed by atoms with Crippen LogP contribution >= 0.6 is 11.6 Å². The van der Waals surface area contributed by atoms with Crippen molar-refractivity contribution in [2.24, 2.45) is 0 Å². The molecule has 0 N–H and O–H groups in total. The third kappa shape index (κ3) is 2.45. The van der Waals surface area contributed by atoms with E-state index in [1.807, 2.05) is 30.5 Å². The highest BCUT2D eigenvalue weighted by Crippen LogP contribution is 2.31. The average Bonchev–Trinajstić information content (AvgIpc) is 3.01. The summed E-state index contributed by atoms with van der Waals surface area (Å²) in [4.78, 5) is 8.79. The van der Waals surface area contributed by atoms with Crippen LogP contribution in [0.15, 0.2) is 60.9 Å². The predicted molar refractivity (Wildman–Crippen MR) is 86.6 cm³/mol. The maximum atomic E-state index is 14.2. The van der Waals surface area contributed by atoms with Gasteiger partial charge in [-0.25, -0.2) is 13.9 Å². The van der Waals surface area contributed by atoms with Crippen molar-refractivity contribution in [3.63, 3.8) is 0 Å². The van der Waals surface area contributed by atoms with Gasteiger partial charge in [-0.1, -0.05) is 17.7 Å². The van der Waals surface area contributed by atoms with Gasteiger partial charge in [0.25, 0.3) is 0 Å². The molecule has 0 amide bonds. The lowest BCUT2D eigenvalue weighted by molar-refractivity contribution is 0.631. The molecule has 0 saturated carbocycles. The molecule has 3 heterocycles. The molecule has 1 aromatic carbocycles. The van der Waals surface area contributed by atoms with Crippen molar-refractivity contribution in [1.82, 2.24) is 19.6 Å². The molecule has 4 nitrogen and oxygen atoms in total. The zero-order valence-corrected chi connectivity index (χ0v) is 12.6. The number of benzene rings is 1. The van der Waals surface area contributed by atoms with Crippen molar-refractivity contribution in [3.05, 3.63) is 71.8 Å². The molecule has 0 atom stereocenters. The van der Waals surface area contributed by atoms with Crippen LogP contribution in [-0.4, -0.2) is 19.6 Å². The van der Waals surface area contributed by atoms with E-state index in [9.17, 15) is 4.39 Å². The van der Waals surface area contributed by atoms with E-state index >= 15 is 0 Å². The summed E-state index contributed by atoms with van der Waals surface area (Å²) in [6.45, 7) is 0. The molecule has 0 unspecified atom stereocenters. The molecular formula is C17H10ClFN4. The predicted octanol–water partition coefficient (Wildman–Crippen LogP) is 4.25. The van der Waals surface area contributed by atoms with Crippen LogP contribution < -0.4 is 0 Å². The monoisotopic (exact) mass is 324 g/mol. The average molecular weight is 325 g/mol. The van der Waals surface area contributed by atoms with Crippen LogP contribution in [0.1, 0.15) is 0 Å². The van der Waals surface area contributed by atoms with Gasteiger partial charge in [-0.3, -0.25) is 4.98 Å². The van der Waals surface area contributed by atoms with Gasteiger partial charge in [-0.2, -0.15) is 0 Å². The van der Waals surface area contributed by atoms with Gasteiger partial charge < -0.3 is 0 Å². The lowest BCUT2D eigenvalue weighted by Crippen LogP contribution is -1.93. The third-order valence-corrected chi connectivity index (χ3v) is 3.71. The number of hydrogen-bond acceptors (Lipinski definition) is 3. The van der Waals surface area contributed by atoms with E-state index in [1.54, 1.807) is 22.8 Å². The van der Waals surface area contributed by atoms with E-state index in [1.165, 1.54) is 12.1 Å². The molecule has 0 aliphatic carbocycles. The second-order valence-electron chi connectivity index (χ2n) is 4.96. The van der Waals surface area contributed by atoms with Crippen LogP contribution in [0, 0.1) is 5.82 Å². The van der Waals surface area contributed by atoms with Gasteiger partial charge in [-0.05, 0) is 42.5 Å². The second kappa shape index (κ2) is 5.44. The highest BCUT2D eigenvalue weighted by molar-refractivity contribution is 6.30. The highest BCUT2D eigenvalue weighted by Gasteiger charge is 2.16. The van der Waals surface area contributed by atoms with E-state index in [0.717, 1.165) is 0 Å². The number of rotatable bonds is 2. The number of fused-ring (bicyclic) bond motifs is 1. The van der Waals surface area contributed by atoms with E-state index < -0.39 is 5.82 Å². The maximum Gasteiger partial charge on any atom is 0.184 e. The molecule has 0 bridgehead atoms. The lowest BCUT2D eigenvalue weighted by atomic mass is 10.0. The minimum absolute atomic E-state index is 0.326. The van der Waals surface area contributed by atoms with Gasteiger partial charge in [0.05, 0.1) is 5.69 Å². The number of halogens is 2. The first-order valence-corrected chi connectivity index (χ1v) is 7.32. The first kappa shape index (κ1) is 13.8. The smallest absolute Gasteiger partial charge is 0.184 e. The Hall–Kier alpha value is -2.79. The quantitative estimate of drug-likeness (QED) is 0.553. The van der Waals surface area contributed by atoms with Gasteiger partial charge in [0.1, 0.15) is 5.82 Å². The van der Waals surface area contributed by atoms with E-state index in [2.05, 4.69) is 15.1 Å². The Bertz CT molecular complexity index is 979. The summed E-state index contributed by atoms with van der Waals surface area (Å²) in [5.74, 6) is 0.0942. The van der Waals surface area contributed by atoms with Crippen LogP contribution in [0.25, 0.3) is 28.3 Å². The van der Waals surface area contributed by atoms with E-state index in [-0.39, 0.29) is 0 Å². The SMILES string of the molecule is Fc1ccc(Cl)cc1-c1ncccc1-c1nc2ccccn2n1. The third-order valence-electron chi connectivity index (χ3n) is 3.47. The normalized spacial score (nSPS) is 11.0. The molecule has 0 aliphatic heterocycles. The highest BCUT2D eigenvalue weighted by atomic mass is 35.5. The summed E-state index contributed by atoms with van der Waals surface area (Å²) in [6.07, 6.45) is 3.41. The van der Waals surface area contributed by atoms with Crippen molar-refractivity contribution < 1.29 is 4.39 Å². The number of nitrogens with zero attached hydrogens (tertiary/aromatic N) is 4. The molecule has 0 fully saturated rings. The Morgan fingerprint density at radius 1 is 1.00 bits per heavy atom. The topological polar surface area (TPSA) is 43.1 Å². The number of pyridine rings is 2. The lowest BCUT2D eigenvalue weighted by Gasteiger charge is -2.07. The molecule has 0 saturated heterocycles. The van der Waals surface area contributed by atoms with Gasteiger partial charge in [0.15, 0.2) is 11.5 Å². The Morgan fingerprint density at radius 3 is 2.78 bits per heavy atom. The van der Waals surface area contributed by atoms with Gasteiger partial charge in [0, 0.05) is 28.5 Å². The van der Waals surface area contributed by atoms with Crippen LogP contribution in [0.4, 0.5) is 4.39 Å². The van der Waals surface area contributed by atoms with Crippen molar-refractivity contribution in [3.8, 4) is 22.6 Å². The Balaban J connectivity index is 1.95. The Kier molecular flexibility index (Phi) is 3.28. The molecule has 23 heavy (non-hydrogen) atoms. The second-order valence-corrected chi connectivity index (χ2v) is 5.40. The summed E-state index contributed by atoms with van der Waals surface area (Å²) in [5.41, 5.74) is 2.15. The molecule has 112 valence electrons. The summed E-state index contributed by atoms with van der Waals surface area (Å²) in [5, 5.41) is 4.88. The van der Waals surface area contributed by atoms with E-state index in [4.69, 9.17) is 11.6 Å². The summed E-state index contributed by atoms with van der Waals surface area (Å²) in [6, 6.07) is 13.6. The molecular weight excluding hydrogens is 315 g/mol. The van der Waals surface area contributed by atoms with Gasteiger partial charge in [-0.15, -0.1) is 5.10 Å². The summed E-state index contributed by atoms with van der Waals surface area (Å²) < 4.78 is 15.9.